The van der Waals surface area contributed by atoms with Crippen LogP contribution in [0.1, 0.15) is 30.7 Å². The number of pyridine rings is 1. The van der Waals surface area contributed by atoms with E-state index in [1.54, 1.807) is 31.3 Å². The van der Waals surface area contributed by atoms with Gasteiger partial charge >= 0.3 is 0 Å². The maximum absolute atomic E-state index is 11.3. The monoisotopic (exact) mass is 315 g/mol. The highest BCUT2D eigenvalue weighted by atomic mass is 16.1. The Morgan fingerprint density at radius 2 is 1.92 bits per heavy atom. The minimum atomic E-state index is 0.0197. The molecule has 0 unspecified atom stereocenters. The predicted molar refractivity (Wildman–Crippen MR) is 94.9 cm³/mol. The van der Waals surface area contributed by atoms with Crippen molar-refractivity contribution in [3.05, 3.63) is 65.5 Å². The summed E-state index contributed by atoms with van der Waals surface area (Å²) in [4.78, 5) is 15.8. The number of allylic oxidation sites excluding steroid dienone is 2. The molecule has 24 heavy (non-hydrogen) atoms. The molecule has 3 aromatic rings. The van der Waals surface area contributed by atoms with Crippen molar-refractivity contribution in [1.82, 2.24) is 9.55 Å². The molecule has 0 N–H and O–H groups in total. The van der Waals surface area contributed by atoms with Gasteiger partial charge in [0, 0.05) is 17.6 Å². The van der Waals surface area contributed by atoms with Crippen molar-refractivity contribution in [3.63, 3.8) is 0 Å². The quantitative estimate of drug-likeness (QED) is 0.681. The first kappa shape index (κ1) is 15.7. The summed E-state index contributed by atoms with van der Waals surface area (Å²) in [6.45, 7) is 5.48. The molecule has 0 spiro atoms. The van der Waals surface area contributed by atoms with E-state index in [0.717, 1.165) is 33.6 Å². The highest BCUT2D eigenvalue weighted by Gasteiger charge is 2.10. The molecule has 0 saturated carbocycles. The largest absolute Gasteiger partial charge is 0.312 e. The van der Waals surface area contributed by atoms with Gasteiger partial charge in [0.05, 0.1) is 22.7 Å². The number of aryl methyl sites for hydroxylation is 1. The van der Waals surface area contributed by atoms with Gasteiger partial charge in [-0.25, -0.2) is 0 Å². The zero-order chi connectivity index (χ0) is 17.3. The van der Waals surface area contributed by atoms with Gasteiger partial charge in [-0.15, -0.1) is 0 Å². The molecular weight excluding hydrogens is 298 g/mol. The topological polar surface area (TPSA) is 58.7 Å². The maximum Gasteiger partial charge on any atom is 0.152 e. The summed E-state index contributed by atoms with van der Waals surface area (Å²) in [6, 6.07) is 13.7. The van der Waals surface area contributed by atoms with Crippen LogP contribution in [0.2, 0.25) is 0 Å². The zero-order valence-corrected chi connectivity index (χ0v) is 13.9. The minimum absolute atomic E-state index is 0.0197. The molecule has 0 atom stereocenters. The van der Waals surface area contributed by atoms with Gasteiger partial charge in [0.1, 0.15) is 0 Å². The fraction of sp³-hybridized carbons (Fsp3) is 0.150. The van der Waals surface area contributed by atoms with E-state index in [-0.39, 0.29) is 5.78 Å². The molecule has 2 heterocycles. The van der Waals surface area contributed by atoms with E-state index in [4.69, 9.17) is 5.26 Å². The fourth-order valence-electron chi connectivity index (χ4n) is 2.84. The number of carbonyl (C=O) groups is 1. The number of fused-ring (bicyclic) bond motifs is 1. The van der Waals surface area contributed by atoms with Gasteiger partial charge in [-0.3, -0.25) is 9.78 Å². The van der Waals surface area contributed by atoms with Crippen LogP contribution in [0.4, 0.5) is 0 Å². The van der Waals surface area contributed by atoms with Gasteiger partial charge in [0.25, 0.3) is 0 Å². The number of nitrogens with zero attached hydrogens (tertiary/aromatic N) is 3. The number of nitriles is 1. The number of hydrogen-bond donors (Lipinski definition) is 0. The molecule has 0 saturated heterocycles. The Labute approximate surface area is 140 Å². The van der Waals surface area contributed by atoms with E-state index in [1.807, 2.05) is 38.1 Å². The molecule has 0 aliphatic carbocycles. The van der Waals surface area contributed by atoms with Crippen LogP contribution in [0.15, 0.2) is 48.7 Å². The van der Waals surface area contributed by atoms with Crippen molar-refractivity contribution >= 4 is 22.4 Å². The maximum atomic E-state index is 11.3. The fourth-order valence-corrected chi connectivity index (χ4v) is 2.84. The van der Waals surface area contributed by atoms with Crippen LogP contribution < -0.4 is 0 Å². The molecule has 0 aliphatic rings. The van der Waals surface area contributed by atoms with E-state index in [9.17, 15) is 4.79 Å². The molecule has 0 fully saturated rings. The SMILES string of the molecule is CC(=O)/C=C(\C)c1cnc2cc(C)n(-c3ccc(C#N)cc3)c2c1. The van der Waals surface area contributed by atoms with Crippen LogP contribution in [0.5, 0.6) is 0 Å². The standard InChI is InChI=1S/C20H17N3O/c1-13(8-15(3)24)17-10-20-19(22-12-17)9-14(2)23(20)18-6-4-16(11-21)5-7-18/h4-10,12H,1-3H3/b13-8+. The van der Waals surface area contributed by atoms with E-state index < -0.39 is 0 Å². The van der Waals surface area contributed by atoms with Crippen LogP contribution in [-0.2, 0) is 4.79 Å². The number of hydrogen-bond acceptors (Lipinski definition) is 3. The highest BCUT2D eigenvalue weighted by Crippen LogP contribution is 2.26. The van der Waals surface area contributed by atoms with E-state index >= 15 is 0 Å². The lowest BCUT2D eigenvalue weighted by Crippen LogP contribution is -1.97. The summed E-state index contributed by atoms with van der Waals surface area (Å²) in [5, 5.41) is 8.95. The summed E-state index contributed by atoms with van der Waals surface area (Å²) >= 11 is 0. The van der Waals surface area contributed by atoms with Gasteiger partial charge in [-0.1, -0.05) is 0 Å². The molecule has 4 nitrogen and oxygen atoms in total. The second kappa shape index (κ2) is 6.13. The molecule has 3 rings (SSSR count). The second-order valence-electron chi connectivity index (χ2n) is 5.85. The predicted octanol–water partition coefficient (Wildman–Crippen LogP) is 4.20. The van der Waals surface area contributed by atoms with Crippen molar-refractivity contribution in [2.24, 2.45) is 0 Å². The van der Waals surface area contributed by atoms with E-state index in [2.05, 4.69) is 15.6 Å². The summed E-state index contributed by atoms with van der Waals surface area (Å²) < 4.78 is 2.11. The molecular formula is C20H17N3O. The smallest absolute Gasteiger partial charge is 0.152 e. The normalized spacial score (nSPS) is 11.5. The number of carbonyl (C=O) groups excluding carboxylic acids is 1. The number of ketones is 1. The van der Waals surface area contributed by atoms with Crippen molar-refractivity contribution in [3.8, 4) is 11.8 Å². The van der Waals surface area contributed by atoms with Crippen LogP contribution in [-0.4, -0.2) is 15.3 Å². The minimum Gasteiger partial charge on any atom is -0.312 e. The molecule has 0 amide bonds. The molecule has 0 aliphatic heterocycles. The van der Waals surface area contributed by atoms with Crippen molar-refractivity contribution in [2.75, 3.05) is 0 Å². The summed E-state index contributed by atoms with van der Waals surface area (Å²) in [5.74, 6) is 0.0197. The van der Waals surface area contributed by atoms with Gasteiger partial charge in [0.15, 0.2) is 5.78 Å². The number of aromatic nitrogens is 2. The Morgan fingerprint density at radius 1 is 1.21 bits per heavy atom. The zero-order valence-electron chi connectivity index (χ0n) is 13.9. The Hall–Kier alpha value is -3.19. The third-order valence-electron chi connectivity index (χ3n) is 3.97. The van der Waals surface area contributed by atoms with Gasteiger partial charge < -0.3 is 4.57 Å². The first-order valence-electron chi connectivity index (χ1n) is 7.67. The summed E-state index contributed by atoms with van der Waals surface area (Å²) in [5.41, 5.74) is 6.36. The number of benzene rings is 1. The Balaban J connectivity index is 2.18. The average molecular weight is 315 g/mol. The summed E-state index contributed by atoms with van der Waals surface area (Å²) in [7, 11) is 0. The third kappa shape index (κ3) is 2.84. The second-order valence-corrected chi connectivity index (χ2v) is 5.85. The molecule has 118 valence electrons. The summed E-state index contributed by atoms with van der Waals surface area (Å²) in [6.07, 6.45) is 3.41. The lowest BCUT2D eigenvalue weighted by atomic mass is 10.1. The van der Waals surface area contributed by atoms with Crippen LogP contribution in [0, 0.1) is 18.3 Å². The van der Waals surface area contributed by atoms with Crippen molar-refractivity contribution in [2.45, 2.75) is 20.8 Å². The van der Waals surface area contributed by atoms with Crippen LogP contribution in [0.3, 0.4) is 0 Å². The average Bonchev–Trinajstić information content (AvgIpc) is 2.89. The van der Waals surface area contributed by atoms with Crippen LogP contribution >= 0.6 is 0 Å². The van der Waals surface area contributed by atoms with Crippen molar-refractivity contribution < 1.29 is 4.79 Å². The van der Waals surface area contributed by atoms with Gasteiger partial charge in [0.2, 0.25) is 0 Å². The molecule has 0 bridgehead atoms. The van der Waals surface area contributed by atoms with Crippen LogP contribution in [0.25, 0.3) is 22.3 Å². The third-order valence-corrected chi connectivity index (χ3v) is 3.97. The Morgan fingerprint density at radius 3 is 2.54 bits per heavy atom. The molecule has 2 aromatic heterocycles. The molecule has 0 radical (unpaired) electrons. The first-order chi connectivity index (χ1) is 11.5. The molecule has 1 aromatic carbocycles. The van der Waals surface area contributed by atoms with E-state index in [1.165, 1.54) is 0 Å². The van der Waals surface area contributed by atoms with Gasteiger partial charge in [-0.2, -0.15) is 5.26 Å². The van der Waals surface area contributed by atoms with E-state index in [0.29, 0.717) is 5.56 Å². The Kier molecular flexibility index (Phi) is 4.01. The lowest BCUT2D eigenvalue weighted by Gasteiger charge is -2.09. The highest BCUT2D eigenvalue weighted by molar-refractivity contribution is 5.95. The van der Waals surface area contributed by atoms with Gasteiger partial charge in [-0.05, 0) is 74.4 Å². The van der Waals surface area contributed by atoms with Crippen molar-refractivity contribution in [1.29, 1.82) is 5.26 Å². The Bertz CT molecular complexity index is 1000. The molecule has 4 heteroatoms. The lowest BCUT2D eigenvalue weighted by molar-refractivity contribution is -0.112. The number of rotatable bonds is 3. The first-order valence-corrected chi connectivity index (χ1v) is 7.67.